The number of benzene rings is 1. The molecule has 0 aromatic heterocycles. The average molecular weight is 502 g/mol. The van der Waals surface area contributed by atoms with Gasteiger partial charge in [-0.1, -0.05) is 65.0 Å². The minimum atomic E-state index is -3.14. The average Bonchev–Trinajstić information content (AvgIpc) is 2.68. The third kappa shape index (κ3) is 8.25. The Bertz CT molecular complexity index is 607. The first-order valence-corrected chi connectivity index (χ1v) is 23.9. The second-order valence-electron chi connectivity index (χ2n) is 9.33. The predicted molar refractivity (Wildman–Crippen MR) is 141 cm³/mol. The van der Waals surface area contributed by atoms with Crippen LogP contribution in [-0.2, 0) is 16.5 Å². The molecule has 1 radical (unpaired) electrons. The Hall–Kier alpha value is 0.144. The van der Waals surface area contributed by atoms with Crippen molar-refractivity contribution in [3.8, 4) is 0 Å². The molecule has 0 spiro atoms. The molecular formula is C21H45O4Si5. The molecular weight excluding hydrogens is 457 g/mol. The zero-order valence-corrected chi connectivity index (χ0v) is 26.1. The summed E-state index contributed by atoms with van der Waals surface area (Å²) < 4.78 is 28.0. The molecule has 0 aliphatic rings. The Morgan fingerprint density at radius 2 is 1.20 bits per heavy atom. The van der Waals surface area contributed by atoms with E-state index in [4.69, 9.17) is 16.5 Å². The summed E-state index contributed by atoms with van der Waals surface area (Å²) in [4.78, 5) is 0. The van der Waals surface area contributed by atoms with E-state index in [1.807, 2.05) is 0 Å². The maximum Gasteiger partial charge on any atom is 0.507 e. The minimum Gasteiger partial charge on any atom is -0.437 e. The predicted octanol–water partition coefficient (Wildman–Crippen LogP) is 6.47. The van der Waals surface area contributed by atoms with Crippen molar-refractivity contribution in [2.75, 3.05) is 0 Å². The van der Waals surface area contributed by atoms with Crippen LogP contribution in [0.25, 0.3) is 0 Å². The van der Waals surface area contributed by atoms with Crippen LogP contribution in [0.2, 0.25) is 63.0 Å². The third-order valence-corrected chi connectivity index (χ3v) is 24.4. The van der Waals surface area contributed by atoms with E-state index in [0.717, 1.165) is 35.4 Å². The van der Waals surface area contributed by atoms with E-state index in [2.05, 4.69) is 97.7 Å². The first kappa shape index (κ1) is 28.2. The summed E-state index contributed by atoms with van der Waals surface area (Å²) in [6.07, 6.45) is 0. The van der Waals surface area contributed by atoms with Crippen LogP contribution in [0.3, 0.4) is 0 Å². The van der Waals surface area contributed by atoms with Crippen molar-refractivity contribution in [3.05, 3.63) is 30.3 Å². The van der Waals surface area contributed by atoms with Gasteiger partial charge in [0.15, 0.2) is 16.6 Å². The van der Waals surface area contributed by atoms with Gasteiger partial charge < -0.3 is 16.5 Å². The van der Waals surface area contributed by atoms with Crippen LogP contribution < -0.4 is 5.19 Å². The molecule has 30 heavy (non-hydrogen) atoms. The zero-order chi connectivity index (χ0) is 23.1. The van der Waals surface area contributed by atoms with Crippen molar-refractivity contribution in [2.24, 2.45) is 0 Å². The van der Waals surface area contributed by atoms with Crippen LogP contribution in [0.15, 0.2) is 30.3 Å². The number of hydrogen-bond donors (Lipinski definition) is 0. The number of hydrogen-bond acceptors (Lipinski definition) is 4. The summed E-state index contributed by atoms with van der Waals surface area (Å²) in [7, 11) is -10.4. The Labute approximate surface area is 192 Å². The van der Waals surface area contributed by atoms with E-state index >= 15 is 0 Å². The van der Waals surface area contributed by atoms with Gasteiger partial charge in [0.05, 0.1) is 0 Å². The van der Waals surface area contributed by atoms with Gasteiger partial charge in [0.1, 0.15) is 0 Å². The number of rotatable bonds is 14. The summed E-state index contributed by atoms with van der Waals surface area (Å²) in [6.45, 7) is 22.3. The molecule has 1 unspecified atom stereocenters. The fourth-order valence-electron chi connectivity index (χ4n) is 3.80. The summed E-state index contributed by atoms with van der Waals surface area (Å²) in [6, 6.07) is 15.8. The lowest BCUT2D eigenvalue weighted by Crippen LogP contribution is -2.68. The van der Waals surface area contributed by atoms with Gasteiger partial charge >= 0.3 is 17.4 Å². The van der Waals surface area contributed by atoms with Crippen LogP contribution in [0, 0.1) is 0 Å². The SMILES string of the molecule is CC[Si](CC)O[Si](O[Si](CC)(CC)CC)(O[Si](C)(C)O[Si](C)(C)C)c1ccccc1. The lowest BCUT2D eigenvalue weighted by atomic mass is 10.4. The van der Waals surface area contributed by atoms with E-state index in [-0.39, 0.29) is 0 Å². The molecule has 0 bridgehead atoms. The standard InChI is InChI=1S/C21H45O4Si5/c1-11-26(12-2)22-30(21-19-17-16-18-20-21,25-29(13-3,14-4)15-5)24-28(9,10)23-27(6,7)8/h16-20H,11-15H2,1-10H3. The van der Waals surface area contributed by atoms with Gasteiger partial charge in [-0.05, 0) is 63.0 Å². The molecule has 4 nitrogen and oxygen atoms in total. The smallest absolute Gasteiger partial charge is 0.437 e. The summed E-state index contributed by atoms with van der Waals surface area (Å²) in [5.41, 5.74) is 0. The van der Waals surface area contributed by atoms with E-state index < -0.39 is 43.0 Å². The topological polar surface area (TPSA) is 36.9 Å². The molecule has 1 aromatic carbocycles. The van der Waals surface area contributed by atoms with Crippen LogP contribution >= 0.6 is 0 Å². The van der Waals surface area contributed by atoms with Gasteiger partial charge in [0.25, 0.3) is 0 Å². The second kappa shape index (κ2) is 11.8. The fraction of sp³-hybridized carbons (Fsp3) is 0.714. The minimum absolute atomic E-state index is 1.03. The van der Waals surface area contributed by atoms with Crippen LogP contribution in [-0.4, -0.2) is 43.0 Å². The molecule has 9 heteroatoms. The van der Waals surface area contributed by atoms with Crippen molar-refractivity contribution in [2.45, 2.75) is 97.6 Å². The van der Waals surface area contributed by atoms with Crippen LogP contribution in [0.4, 0.5) is 0 Å². The lowest BCUT2D eigenvalue weighted by molar-refractivity contribution is 0.243. The van der Waals surface area contributed by atoms with Gasteiger partial charge in [-0.2, -0.15) is 0 Å². The van der Waals surface area contributed by atoms with Crippen molar-refractivity contribution < 1.29 is 16.5 Å². The van der Waals surface area contributed by atoms with Gasteiger partial charge in [-0.3, -0.25) is 0 Å². The summed E-state index contributed by atoms with van der Waals surface area (Å²) in [5.74, 6) is 0. The van der Waals surface area contributed by atoms with Crippen molar-refractivity contribution in [3.63, 3.8) is 0 Å². The molecule has 1 rings (SSSR count). The van der Waals surface area contributed by atoms with Gasteiger partial charge in [0, 0.05) is 5.19 Å². The summed E-state index contributed by atoms with van der Waals surface area (Å²) >= 11 is 0. The van der Waals surface area contributed by atoms with Crippen molar-refractivity contribution >= 4 is 48.2 Å². The Balaban J connectivity index is 3.61. The van der Waals surface area contributed by atoms with Crippen molar-refractivity contribution in [1.29, 1.82) is 0 Å². The quantitative estimate of drug-likeness (QED) is 0.274. The first-order valence-electron chi connectivity index (χ1n) is 11.6. The van der Waals surface area contributed by atoms with E-state index in [1.54, 1.807) is 0 Å². The second-order valence-corrected chi connectivity index (χ2v) is 28.3. The molecule has 1 atom stereocenters. The molecule has 0 aliphatic carbocycles. The molecule has 0 heterocycles. The highest BCUT2D eigenvalue weighted by molar-refractivity contribution is 6.95. The molecule has 1 aromatic rings. The molecule has 0 fully saturated rings. The fourth-order valence-corrected chi connectivity index (χ4v) is 25.2. The third-order valence-electron chi connectivity index (χ3n) is 5.41. The Morgan fingerprint density at radius 1 is 0.700 bits per heavy atom. The molecule has 0 amide bonds. The molecule has 0 saturated carbocycles. The highest BCUT2D eigenvalue weighted by atomic mass is 28.5. The highest BCUT2D eigenvalue weighted by Crippen LogP contribution is 2.31. The normalized spacial score (nSPS) is 15.4. The highest BCUT2D eigenvalue weighted by Gasteiger charge is 2.54. The molecule has 0 aliphatic heterocycles. The van der Waals surface area contributed by atoms with E-state index in [1.165, 1.54) is 0 Å². The lowest BCUT2D eigenvalue weighted by Gasteiger charge is -2.45. The van der Waals surface area contributed by atoms with Crippen LogP contribution in [0.1, 0.15) is 34.6 Å². The molecule has 0 saturated heterocycles. The molecule has 0 N–H and O–H groups in total. The van der Waals surface area contributed by atoms with E-state index in [0.29, 0.717) is 0 Å². The van der Waals surface area contributed by atoms with Gasteiger partial charge in [-0.15, -0.1) is 0 Å². The monoisotopic (exact) mass is 501 g/mol. The Kier molecular flexibility index (Phi) is 11.1. The maximum absolute atomic E-state index is 7.27. The zero-order valence-electron chi connectivity index (χ0n) is 21.1. The first-order chi connectivity index (χ1) is 13.9. The van der Waals surface area contributed by atoms with E-state index in [9.17, 15) is 0 Å². The maximum atomic E-state index is 7.27. The van der Waals surface area contributed by atoms with Gasteiger partial charge in [-0.25, -0.2) is 0 Å². The van der Waals surface area contributed by atoms with Crippen molar-refractivity contribution in [1.82, 2.24) is 0 Å². The summed E-state index contributed by atoms with van der Waals surface area (Å²) in [5, 5.41) is 1.10. The molecule has 173 valence electrons. The Morgan fingerprint density at radius 3 is 1.60 bits per heavy atom. The van der Waals surface area contributed by atoms with Crippen LogP contribution in [0.5, 0.6) is 0 Å². The largest absolute Gasteiger partial charge is 0.507 e. The van der Waals surface area contributed by atoms with Gasteiger partial charge in [0.2, 0.25) is 9.04 Å².